The molecule has 0 saturated carbocycles. The monoisotopic (exact) mass is 347 g/mol. The number of hydrogen-bond acceptors (Lipinski definition) is 5. The number of benzene rings is 1. The number of hydrogen-bond donors (Lipinski definition) is 1. The van der Waals surface area contributed by atoms with E-state index in [1.54, 1.807) is 0 Å². The minimum Gasteiger partial charge on any atom is -0.355 e. The second-order valence-electron chi connectivity index (χ2n) is 7.11. The predicted octanol–water partition coefficient (Wildman–Crippen LogP) is 3.44. The van der Waals surface area contributed by atoms with E-state index in [2.05, 4.69) is 57.6 Å². The quantitative estimate of drug-likeness (QED) is 0.783. The Hall–Kier alpha value is -2.53. The van der Waals surface area contributed by atoms with Crippen molar-refractivity contribution in [1.82, 2.24) is 20.3 Å². The molecule has 1 atom stereocenters. The average Bonchev–Trinajstić information content (AvgIpc) is 2.68. The van der Waals surface area contributed by atoms with Gasteiger partial charge in [-0.1, -0.05) is 18.2 Å². The number of fused-ring (bicyclic) bond motifs is 1. The van der Waals surface area contributed by atoms with Crippen LogP contribution < -0.4 is 10.2 Å². The molecule has 4 rings (SSSR count). The zero-order valence-corrected chi connectivity index (χ0v) is 15.4. The maximum atomic E-state index is 4.71. The normalized spacial score (nSPS) is 17.4. The molecule has 0 unspecified atom stereocenters. The lowest BCUT2D eigenvalue weighted by Gasteiger charge is -2.25. The Morgan fingerprint density at radius 3 is 3.00 bits per heavy atom. The van der Waals surface area contributed by atoms with Crippen molar-refractivity contribution in [2.75, 3.05) is 25.0 Å². The van der Waals surface area contributed by atoms with Crippen molar-refractivity contribution in [2.45, 2.75) is 32.2 Å². The SMILES string of the molecule is Cc1nc([C@@H]2CCCNC2)cc(N(C)Cc2cccc3cnccc23)n1. The smallest absolute Gasteiger partial charge is 0.132 e. The molecule has 5 heteroatoms. The van der Waals surface area contributed by atoms with Crippen LogP contribution in [0.4, 0.5) is 5.82 Å². The summed E-state index contributed by atoms with van der Waals surface area (Å²) in [6, 6.07) is 10.6. The van der Waals surface area contributed by atoms with Gasteiger partial charge in [-0.25, -0.2) is 9.97 Å². The standard InChI is InChI=1S/C21H25N5/c1-15-24-20(17-7-4-9-22-13-17)11-21(25-15)26(2)14-18-6-3-5-16-12-23-10-8-19(16)18/h3,5-6,8,10-12,17,22H,4,7,9,13-14H2,1-2H3/t17-/m1/s1. The van der Waals surface area contributed by atoms with Crippen LogP contribution in [0.1, 0.15) is 35.8 Å². The third kappa shape index (κ3) is 3.53. The lowest BCUT2D eigenvalue weighted by molar-refractivity contribution is 0.453. The Kier molecular flexibility index (Phi) is 4.80. The number of aromatic nitrogens is 3. The number of aryl methyl sites for hydroxylation is 1. The van der Waals surface area contributed by atoms with Gasteiger partial charge in [0.15, 0.2) is 0 Å². The molecule has 0 spiro atoms. The number of nitrogens with zero attached hydrogens (tertiary/aromatic N) is 4. The first-order chi connectivity index (χ1) is 12.7. The molecule has 1 aromatic carbocycles. The van der Waals surface area contributed by atoms with Gasteiger partial charge in [-0.05, 0) is 43.3 Å². The van der Waals surface area contributed by atoms with Gasteiger partial charge in [-0.3, -0.25) is 4.98 Å². The van der Waals surface area contributed by atoms with E-state index in [1.165, 1.54) is 29.2 Å². The van der Waals surface area contributed by atoms with E-state index in [0.717, 1.165) is 37.0 Å². The van der Waals surface area contributed by atoms with Crippen molar-refractivity contribution < 1.29 is 0 Å². The minimum atomic E-state index is 0.487. The highest BCUT2D eigenvalue weighted by Crippen LogP contribution is 2.26. The molecule has 0 radical (unpaired) electrons. The average molecular weight is 347 g/mol. The van der Waals surface area contributed by atoms with E-state index in [-0.39, 0.29) is 0 Å². The van der Waals surface area contributed by atoms with Crippen LogP contribution in [-0.2, 0) is 6.54 Å². The topological polar surface area (TPSA) is 53.9 Å². The summed E-state index contributed by atoms with van der Waals surface area (Å²) < 4.78 is 0. The molecule has 2 aromatic heterocycles. The van der Waals surface area contributed by atoms with Gasteiger partial charge in [-0.2, -0.15) is 0 Å². The first-order valence-electron chi connectivity index (χ1n) is 9.30. The summed E-state index contributed by atoms with van der Waals surface area (Å²) in [5.41, 5.74) is 2.44. The summed E-state index contributed by atoms with van der Waals surface area (Å²) in [6.45, 7) is 4.92. The van der Waals surface area contributed by atoms with Gasteiger partial charge in [0.1, 0.15) is 11.6 Å². The Bertz CT molecular complexity index is 897. The number of nitrogens with one attached hydrogen (secondary N) is 1. The van der Waals surface area contributed by atoms with Crippen LogP contribution in [0.2, 0.25) is 0 Å². The molecule has 1 N–H and O–H groups in total. The largest absolute Gasteiger partial charge is 0.355 e. The summed E-state index contributed by atoms with van der Waals surface area (Å²) in [6.07, 6.45) is 6.18. The van der Waals surface area contributed by atoms with E-state index in [1.807, 2.05) is 19.3 Å². The highest BCUT2D eigenvalue weighted by molar-refractivity contribution is 5.84. The lowest BCUT2D eigenvalue weighted by Crippen LogP contribution is -2.29. The summed E-state index contributed by atoms with van der Waals surface area (Å²) in [5.74, 6) is 2.32. The Morgan fingerprint density at radius 2 is 2.15 bits per heavy atom. The second kappa shape index (κ2) is 7.38. The molecule has 1 aliphatic heterocycles. The number of rotatable bonds is 4. The highest BCUT2D eigenvalue weighted by Gasteiger charge is 2.18. The maximum absolute atomic E-state index is 4.71. The van der Waals surface area contributed by atoms with Crippen LogP contribution in [0.3, 0.4) is 0 Å². The van der Waals surface area contributed by atoms with Crippen LogP contribution in [0.5, 0.6) is 0 Å². The van der Waals surface area contributed by atoms with Crippen LogP contribution in [0, 0.1) is 6.92 Å². The molecule has 3 aromatic rings. The fourth-order valence-electron chi connectivity index (χ4n) is 3.75. The zero-order chi connectivity index (χ0) is 17.9. The Labute approximate surface area is 154 Å². The van der Waals surface area contributed by atoms with Crippen molar-refractivity contribution in [2.24, 2.45) is 0 Å². The molecule has 0 amide bonds. The number of piperidine rings is 1. The molecule has 1 fully saturated rings. The number of pyridine rings is 1. The lowest BCUT2D eigenvalue weighted by atomic mass is 9.96. The summed E-state index contributed by atoms with van der Waals surface area (Å²) in [5, 5.41) is 5.90. The molecular formula is C21H25N5. The maximum Gasteiger partial charge on any atom is 0.132 e. The first kappa shape index (κ1) is 16.9. The minimum absolute atomic E-state index is 0.487. The molecule has 5 nitrogen and oxygen atoms in total. The van der Waals surface area contributed by atoms with Crippen molar-refractivity contribution in [1.29, 1.82) is 0 Å². The molecule has 0 aliphatic carbocycles. The predicted molar refractivity (Wildman–Crippen MR) is 105 cm³/mol. The zero-order valence-electron chi connectivity index (χ0n) is 15.4. The van der Waals surface area contributed by atoms with Crippen LogP contribution in [0.15, 0.2) is 42.7 Å². The third-order valence-electron chi connectivity index (χ3n) is 5.13. The van der Waals surface area contributed by atoms with E-state index >= 15 is 0 Å². The van der Waals surface area contributed by atoms with Gasteiger partial charge in [0.25, 0.3) is 0 Å². The van der Waals surface area contributed by atoms with Crippen molar-refractivity contribution in [3.63, 3.8) is 0 Å². The van der Waals surface area contributed by atoms with Gasteiger partial charge in [0, 0.05) is 49.9 Å². The summed E-state index contributed by atoms with van der Waals surface area (Å²) >= 11 is 0. The molecular weight excluding hydrogens is 322 g/mol. The van der Waals surface area contributed by atoms with Crippen molar-refractivity contribution in [3.05, 3.63) is 59.8 Å². The third-order valence-corrected chi connectivity index (χ3v) is 5.13. The first-order valence-corrected chi connectivity index (χ1v) is 9.30. The van der Waals surface area contributed by atoms with Crippen LogP contribution >= 0.6 is 0 Å². The fourth-order valence-corrected chi connectivity index (χ4v) is 3.75. The van der Waals surface area contributed by atoms with Crippen molar-refractivity contribution >= 4 is 16.6 Å². The van der Waals surface area contributed by atoms with Gasteiger partial charge >= 0.3 is 0 Å². The van der Waals surface area contributed by atoms with Crippen molar-refractivity contribution in [3.8, 4) is 0 Å². The molecule has 1 saturated heterocycles. The molecule has 134 valence electrons. The summed E-state index contributed by atoms with van der Waals surface area (Å²) in [4.78, 5) is 15.8. The van der Waals surface area contributed by atoms with Crippen LogP contribution in [-0.4, -0.2) is 35.1 Å². The number of anilines is 1. The van der Waals surface area contributed by atoms with Gasteiger partial charge in [-0.15, -0.1) is 0 Å². The van der Waals surface area contributed by atoms with Gasteiger partial charge in [0.05, 0.1) is 5.69 Å². The molecule has 3 heterocycles. The van der Waals surface area contributed by atoms with Gasteiger partial charge < -0.3 is 10.2 Å². The van der Waals surface area contributed by atoms with E-state index in [9.17, 15) is 0 Å². The molecule has 26 heavy (non-hydrogen) atoms. The Balaban J connectivity index is 1.61. The second-order valence-corrected chi connectivity index (χ2v) is 7.11. The van der Waals surface area contributed by atoms with E-state index in [0.29, 0.717) is 5.92 Å². The van der Waals surface area contributed by atoms with E-state index < -0.39 is 0 Å². The Morgan fingerprint density at radius 1 is 1.23 bits per heavy atom. The highest BCUT2D eigenvalue weighted by atomic mass is 15.2. The summed E-state index contributed by atoms with van der Waals surface area (Å²) in [7, 11) is 2.10. The molecule has 0 bridgehead atoms. The molecule has 1 aliphatic rings. The fraction of sp³-hybridized carbons (Fsp3) is 0.381. The van der Waals surface area contributed by atoms with Gasteiger partial charge in [0.2, 0.25) is 0 Å². The van der Waals surface area contributed by atoms with Crippen LogP contribution in [0.25, 0.3) is 10.8 Å². The van der Waals surface area contributed by atoms with E-state index in [4.69, 9.17) is 4.98 Å².